The number of para-hydroxylation sites is 1. The first-order chi connectivity index (χ1) is 10.6. The molecule has 1 aromatic carbocycles. The quantitative estimate of drug-likeness (QED) is 0.497. The molecule has 0 aliphatic heterocycles. The molecule has 0 saturated heterocycles. The van der Waals surface area contributed by atoms with Gasteiger partial charge >= 0.3 is 6.03 Å². The molecule has 0 heterocycles. The van der Waals surface area contributed by atoms with Gasteiger partial charge in [0.25, 0.3) is 0 Å². The number of aliphatic imine (C=N–C) groups is 1. The first kappa shape index (κ1) is 17.6. The van der Waals surface area contributed by atoms with Crippen LogP contribution in [0.3, 0.4) is 0 Å². The highest BCUT2D eigenvalue weighted by Gasteiger charge is 2.19. The van der Waals surface area contributed by atoms with Crippen LogP contribution in [0.25, 0.3) is 0 Å². The van der Waals surface area contributed by atoms with Gasteiger partial charge in [-0.1, -0.05) is 38.0 Å². The van der Waals surface area contributed by atoms with Crippen LogP contribution in [0.15, 0.2) is 23.2 Å². The van der Waals surface area contributed by atoms with Crippen LogP contribution >= 0.6 is 0 Å². The van der Waals surface area contributed by atoms with Crippen LogP contribution in [0.1, 0.15) is 31.9 Å². The number of guanidine groups is 1. The maximum absolute atomic E-state index is 12.5. The van der Waals surface area contributed by atoms with Crippen molar-refractivity contribution >= 4 is 17.7 Å². The predicted molar refractivity (Wildman–Crippen MR) is 92.1 cm³/mol. The molecule has 0 aliphatic rings. The molecule has 5 heteroatoms. The smallest absolute Gasteiger partial charge is 0.328 e. The number of nitrogens with two attached hydrogens (primary N) is 1. The Morgan fingerprint density at radius 1 is 1.32 bits per heavy atom. The van der Waals surface area contributed by atoms with E-state index in [0.29, 0.717) is 6.54 Å². The monoisotopic (exact) mass is 300 g/mol. The highest BCUT2D eigenvalue weighted by atomic mass is 16.2. The second kappa shape index (κ2) is 8.73. The molecule has 0 radical (unpaired) electrons. The lowest BCUT2D eigenvalue weighted by atomic mass is 10.0. The number of amides is 2. The Bertz CT molecular complexity index is 565. The minimum absolute atomic E-state index is 0.0356. The van der Waals surface area contributed by atoms with Crippen LogP contribution < -0.4 is 16.0 Å². The van der Waals surface area contributed by atoms with E-state index in [-0.39, 0.29) is 18.5 Å². The Balaban J connectivity index is 3.11. The number of benzene rings is 1. The number of anilines is 1. The average molecular weight is 300 g/mol. The molecular formula is C17H24N4O. The fourth-order valence-corrected chi connectivity index (χ4v) is 2.31. The Hall–Kier alpha value is -2.48. The standard InChI is InChI=1S/C17H24N4O/c1-5-12-19-16(18)20-17(22)21(8-4)15-13(6-2)10-9-11-14(15)7-3/h1,9-11H,6-8,12H2,2-4H3,(H3,18,19,20,22). The van der Waals surface area contributed by atoms with E-state index in [1.165, 1.54) is 0 Å². The van der Waals surface area contributed by atoms with E-state index in [2.05, 4.69) is 30.1 Å². The number of hydrogen-bond donors (Lipinski definition) is 2. The summed E-state index contributed by atoms with van der Waals surface area (Å²) in [5.74, 6) is 2.39. The van der Waals surface area contributed by atoms with E-state index >= 15 is 0 Å². The average Bonchev–Trinajstić information content (AvgIpc) is 2.53. The SMILES string of the molecule is C#CCN=C(N)NC(=O)N(CC)c1c(CC)cccc1CC. The molecule has 1 rings (SSSR count). The third kappa shape index (κ3) is 4.26. The highest BCUT2D eigenvalue weighted by molar-refractivity contribution is 6.04. The van der Waals surface area contributed by atoms with E-state index in [9.17, 15) is 4.79 Å². The number of aryl methyl sites for hydroxylation is 2. The molecule has 0 fully saturated rings. The van der Waals surface area contributed by atoms with Crippen LogP contribution in [0.2, 0.25) is 0 Å². The molecule has 0 spiro atoms. The van der Waals surface area contributed by atoms with Crippen LogP contribution in [0.5, 0.6) is 0 Å². The molecule has 0 aliphatic carbocycles. The fraction of sp³-hybridized carbons (Fsp3) is 0.412. The molecule has 0 saturated carbocycles. The Kier molecular flexibility index (Phi) is 6.97. The minimum Gasteiger partial charge on any atom is -0.370 e. The van der Waals surface area contributed by atoms with Crippen LogP contribution in [-0.4, -0.2) is 25.1 Å². The number of nitrogens with one attached hydrogen (secondary N) is 1. The molecule has 0 aromatic heterocycles. The summed E-state index contributed by atoms with van der Waals surface area (Å²) in [6.07, 6.45) is 6.83. The normalized spacial score (nSPS) is 10.9. The summed E-state index contributed by atoms with van der Waals surface area (Å²) in [7, 11) is 0. The second-order valence-electron chi connectivity index (χ2n) is 4.71. The molecule has 3 N–H and O–H groups in total. The summed E-state index contributed by atoms with van der Waals surface area (Å²) in [4.78, 5) is 18.1. The van der Waals surface area contributed by atoms with Gasteiger partial charge < -0.3 is 5.73 Å². The number of carbonyl (C=O) groups excluding carboxylic acids is 1. The predicted octanol–water partition coefficient (Wildman–Crippen LogP) is 2.30. The maximum Gasteiger partial charge on any atom is 0.328 e. The minimum atomic E-state index is -0.295. The van der Waals surface area contributed by atoms with Crippen molar-refractivity contribution in [1.29, 1.82) is 0 Å². The number of urea groups is 1. The molecule has 2 amide bonds. The van der Waals surface area contributed by atoms with Gasteiger partial charge in [-0.05, 0) is 30.9 Å². The first-order valence-electron chi connectivity index (χ1n) is 7.51. The zero-order valence-electron chi connectivity index (χ0n) is 13.5. The molecule has 22 heavy (non-hydrogen) atoms. The lowest BCUT2D eigenvalue weighted by Crippen LogP contribution is -2.46. The third-order valence-electron chi connectivity index (χ3n) is 3.37. The summed E-state index contributed by atoms with van der Waals surface area (Å²) < 4.78 is 0. The van der Waals surface area contributed by atoms with Gasteiger partial charge in [-0.3, -0.25) is 10.2 Å². The van der Waals surface area contributed by atoms with Gasteiger partial charge in [-0.2, -0.15) is 0 Å². The van der Waals surface area contributed by atoms with E-state index in [0.717, 1.165) is 29.7 Å². The van der Waals surface area contributed by atoms with Gasteiger partial charge in [0.05, 0.1) is 5.69 Å². The molecule has 1 aromatic rings. The van der Waals surface area contributed by atoms with Gasteiger partial charge in [-0.25, -0.2) is 9.79 Å². The summed E-state index contributed by atoms with van der Waals surface area (Å²) in [6, 6.07) is 5.81. The Morgan fingerprint density at radius 3 is 2.36 bits per heavy atom. The van der Waals surface area contributed by atoms with E-state index < -0.39 is 0 Å². The van der Waals surface area contributed by atoms with Gasteiger partial charge in [0.2, 0.25) is 0 Å². The Morgan fingerprint density at radius 2 is 1.91 bits per heavy atom. The zero-order chi connectivity index (χ0) is 16.5. The van der Waals surface area contributed by atoms with Crippen molar-refractivity contribution in [1.82, 2.24) is 5.32 Å². The topological polar surface area (TPSA) is 70.7 Å². The molecule has 0 atom stereocenters. The molecule has 118 valence electrons. The number of terminal acetylenes is 1. The van der Waals surface area contributed by atoms with Crippen molar-refractivity contribution in [2.45, 2.75) is 33.6 Å². The highest BCUT2D eigenvalue weighted by Crippen LogP contribution is 2.27. The van der Waals surface area contributed by atoms with Crippen molar-refractivity contribution in [3.63, 3.8) is 0 Å². The molecular weight excluding hydrogens is 276 g/mol. The molecule has 5 nitrogen and oxygen atoms in total. The summed E-state index contributed by atoms with van der Waals surface area (Å²) in [5.41, 5.74) is 8.89. The summed E-state index contributed by atoms with van der Waals surface area (Å²) >= 11 is 0. The second-order valence-corrected chi connectivity index (χ2v) is 4.71. The maximum atomic E-state index is 12.5. The van der Waals surface area contributed by atoms with Crippen molar-refractivity contribution in [3.8, 4) is 12.3 Å². The van der Waals surface area contributed by atoms with Crippen LogP contribution in [0.4, 0.5) is 10.5 Å². The third-order valence-corrected chi connectivity index (χ3v) is 3.37. The molecule has 0 bridgehead atoms. The zero-order valence-corrected chi connectivity index (χ0v) is 13.5. The summed E-state index contributed by atoms with van der Waals surface area (Å²) in [5, 5.41) is 2.59. The van der Waals surface area contributed by atoms with Crippen LogP contribution in [-0.2, 0) is 12.8 Å². The van der Waals surface area contributed by atoms with E-state index in [1.807, 2.05) is 25.1 Å². The summed E-state index contributed by atoms with van der Waals surface area (Å²) in [6.45, 7) is 6.77. The van der Waals surface area contributed by atoms with Gasteiger partial charge in [0.15, 0.2) is 5.96 Å². The lowest BCUT2D eigenvalue weighted by Gasteiger charge is -2.26. The largest absolute Gasteiger partial charge is 0.370 e. The van der Waals surface area contributed by atoms with Gasteiger partial charge in [0.1, 0.15) is 6.54 Å². The van der Waals surface area contributed by atoms with Gasteiger partial charge in [-0.15, -0.1) is 6.42 Å². The number of hydrogen-bond acceptors (Lipinski definition) is 2. The van der Waals surface area contributed by atoms with E-state index in [1.54, 1.807) is 4.90 Å². The van der Waals surface area contributed by atoms with Crippen molar-refractivity contribution in [2.24, 2.45) is 10.7 Å². The number of rotatable bonds is 5. The fourth-order valence-electron chi connectivity index (χ4n) is 2.31. The Labute approximate surface area is 132 Å². The van der Waals surface area contributed by atoms with Crippen molar-refractivity contribution in [3.05, 3.63) is 29.3 Å². The number of nitrogens with zero attached hydrogens (tertiary/aromatic N) is 2. The molecule has 0 unspecified atom stereocenters. The van der Waals surface area contributed by atoms with Gasteiger partial charge in [0, 0.05) is 6.54 Å². The first-order valence-corrected chi connectivity index (χ1v) is 7.51. The lowest BCUT2D eigenvalue weighted by molar-refractivity contribution is 0.250. The van der Waals surface area contributed by atoms with E-state index in [4.69, 9.17) is 12.2 Å². The number of carbonyl (C=O) groups is 1. The van der Waals surface area contributed by atoms with Crippen molar-refractivity contribution in [2.75, 3.05) is 18.0 Å². The van der Waals surface area contributed by atoms with Crippen LogP contribution in [0, 0.1) is 12.3 Å². The van der Waals surface area contributed by atoms with Crippen molar-refractivity contribution < 1.29 is 4.79 Å².